The largest absolute Gasteiger partial charge is 0.507 e. The van der Waals surface area contributed by atoms with E-state index in [0.717, 1.165) is 68.3 Å². The number of rotatable bonds is 6. The Hall–Kier alpha value is -2.87. The molecule has 1 aliphatic heterocycles. The molecule has 1 saturated carbocycles. The van der Waals surface area contributed by atoms with E-state index in [4.69, 9.17) is 4.98 Å². The highest BCUT2D eigenvalue weighted by Gasteiger charge is 2.41. The molecule has 2 fully saturated rings. The number of fused-ring (bicyclic) bond motifs is 1. The Labute approximate surface area is 220 Å². The summed E-state index contributed by atoms with van der Waals surface area (Å²) >= 11 is 3.55. The molecule has 3 heterocycles. The second kappa shape index (κ2) is 10.6. The molecule has 2 aliphatic rings. The number of amides is 1. The zero-order chi connectivity index (χ0) is 25.1. The van der Waals surface area contributed by atoms with Gasteiger partial charge in [0.15, 0.2) is 5.65 Å². The predicted molar refractivity (Wildman–Crippen MR) is 146 cm³/mol. The van der Waals surface area contributed by atoms with Crippen LogP contribution in [0.15, 0.2) is 53.2 Å². The number of phenols is 1. The summed E-state index contributed by atoms with van der Waals surface area (Å²) in [5.41, 5.74) is 1.83. The smallest absolute Gasteiger partial charge is 0.229 e. The van der Waals surface area contributed by atoms with Crippen LogP contribution in [-0.4, -0.2) is 49.6 Å². The minimum absolute atomic E-state index is 0.192. The number of carbonyl (C=O) groups excluding carboxylic acids is 1. The summed E-state index contributed by atoms with van der Waals surface area (Å²) in [6.07, 6.45) is 14.2. The van der Waals surface area contributed by atoms with E-state index in [1.165, 1.54) is 6.42 Å². The van der Waals surface area contributed by atoms with Gasteiger partial charge < -0.3 is 15.3 Å². The van der Waals surface area contributed by atoms with Gasteiger partial charge in [0.25, 0.3) is 0 Å². The molecule has 1 aromatic carbocycles. The molecular weight excluding hydrogens is 518 g/mol. The van der Waals surface area contributed by atoms with E-state index in [1.54, 1.807) is 22.8 Å². The lowest BCUT2D eigenvalue weighted by atomic mass is 9.70. The molecule has 1 saturated heterocycles. The molecule has 0 radical (unpaired) electrons. The van der Waals surface area contributed by atoms with Crippen molar-refractivity contribution in [2.75, 3.05) is 18.4 Å². The Morgan fingerprint density at radius 2 is 1.97 bits per heavy atom. The zero-order valence-electron chi connectivity index (χ0n) is 20.8. The van der Waals surface area contributed by atoms with E-state index in [9.17, 15) is 9.90 Å². The van der Waals surface area contributed by atoms with Crippen LogP contribution in [0, 0.1) is 5.41 Å². The number of aromatic hydroxyl groups is 1. The zero-order valence-corrected chi connectivity index (χ0v) is 22.4. The van der Waals surface area contributed by atoms with Gasteiger partial charge >= 0.3 is 0 Å². The Morgan fingerprint density at radius 1 is 1.22 bits per heavy atom. The van der Waals surface area contributed by atoms with Crippen molar-refractivity contribution in [3.05, 3.63) is 53.2 Å². The van der Waals surface area contributed by atoms with Gasteiger partial charge in [-0.25, -0.2) is 4.98 Å². The van der Waals surface area contributed by atoms with Gasteiger partial charge in [-0.05, 0) is 67.1 Å². The van der Waals surface area contributed by atoms with Gasteiger partial charge in [-0.1, -0.05) is 43.5 Å². The van der Waals surface area contributed by atoms with Gasteiger partial charge in [0, 0.05) is 30.8 Å². The van der Waals surface area contributed by atoms with Crippen LogP contribution in [-0.2, 0) is 4.79 Å². The first-order valence-corrected chi connectivity index (χ1v) is 13.8. The third-order valence-electron chi connectivity index (χ3n) is 7.75. The van der Waals surface area contributed by atoms with E-state index in [2.05, 4.69) is 43.4 Å². The first-order chi connectivity index (χ1) is 17.5. The van der Waals surface area contributed by atoms with Crippen LogP contribution >= 0.6 is 15.9 Å². The molecule has 7 nitrogen and oxygen atoms in total. The number of benzene rings is 1. The fourth-order valence-electron chi connectivity index (χ4n) is 5.72. The van der Waals surface area contributed by atoms with Crippen molar-refractivity contribution >= 4 is 33.3 Å². The van der Waals surface area contributed by atoms with E-state index in [-0.39, 0.29) is 17.2 Å². The van der Waals surface area contributed by atoms with Crippen LogP contribution in [0.1, 0.15) is 58.3 Å². The Bertz CT molecular complexity index is 1260. The molecular formula is C28H34BrN5O2. The lowest BCUT2D eigenvalue weighted by molar-refractivity contribution is -0.145. The first kappa shape index (κ1) is 24.8. The maximum Gasteiger partial charge on any atom is 0.229 e. The van der Waals surface area contributed by atoms with Gasteiger partial charge in [0.05, 0.1) is 21.8 Å². The third kappa shape index (κ3) is 4.88. The number of para-hydroxylation sites is 1. The normalized spacial score (nSPS) is 18.7. The molecule has 190 valence electrons. The highest BCUT2D eigenvalue weighted by atomic mass is 79.9. The van der Waals surface area contributed by atoms with E-state index < -0.39 is 0 Å². The summed E-state index contributed by atoms with van der Waals surface area (Å²) in [5, 5.41) is 18.5. The molecule has 2 aromatic heterocycles. The number of allylic oxidation sites excluding steroid dienone is 2. The van der Waals surface area contributed by atoms with Gasteiger partial charge in [-0.15, -0.1) is 0 Å². The van der Waals surface area contributed by atoms with Crippen molar-refractivity contribution in [2.45, 2.75) is 64.3 Å². The monoisotopic (exact) mass is 551 g/mol. The quantitative estimate of drug-likeness (QED) is 0.357. The Kier molecular flexibility index (Phi) is 7.32. The predicted octanol–water partition coefficient (Wildman–Crippen LogP) is 6.18. The van der Waals surface area contributed by atoms with Crippen molar-refractivity contribution in [3.8, 4) is 17.0 Å². The number of nitrogens with zero attached hydrogens (tertiary/aromatic N) is 4. The molecule has 5 rings (SSSR count). The number of piperidine rings is 1. The van der Waals surface area contributed by atoms with E-state index >= 15 is 0 Å². The fourth-order valence-corrected chi connectivity index (χ4v) is 6.06. The number of carbonyl (C=O) groups is 1. The van der Waals surface area contributed by atoms with Crippen LogP contribution in [0.25, 0.3) is 16.9 Å². The molecule has 0 unspecified atom stereocenters. The standard InChI is InChI=1S/C28H34BrN5O2/c1-2-3-13-28(14-7-4-8-15-28)27(36)33-16-11-20(12-17-33)31-25-18-23(21-9-5-6-10-24(21)35)32-26-22(29)19-30-34(25)26/h2-3,5-6,9-10,18-20,31,35H,4,7-8,11-17H2,1H3/b3-2-. The summed E-state index contributed by atoms with van der Waals surface area (Å²) in [6.45, 7) is 3.56. The molecule has 1 amide bonds. The van der Waals surface area contributed by atoms with Crippen LogP contribution in [0.5, 0.6) is 5.75 Å². The number of hydrogen-bond donors (Lipinski definition) is 2. The number of likely N-dealkylation sites (tertiary alicyclic amines) is 1. The van der Waals surface area contributed by atoms with Crippen molar-refractivity contribution in [2.24, 2.45) is 5.41 Å². The second-order valence-corrected chi connectivity index (χ2v) is 11.0. The lowest BCUT2D eigenvalue weighted by Crippen LogP contribution is -2.49. The minimum atomic E-state index is -0.212. The Balaban J connectivity index is 1.32. The van der Waals surface area contributed by atoms with Gasteiger partial charge in [0.2, 0.25) is 5.91 Å². The number of hydrogen-bond acceptors (Lipinski definition) is 5. The van der Waals surface area contributed by atoms with Crippen LogP contribution in [0.2, 0.25) is 0 Å². The van der Waals surface area contributed by atoms with Crippen LogP contribution in [0.3, 0.4) is 0 Å². The molecule has 2 N–H and O–H groups in total. The van der Waals surface area contributed by atoms with Crippen molar-refractivity contribution in [1.29, 1.82) is 0 Å². The second-order valence-electron chi connectivity index (χ2n) is 10.1. The highest BCUT2D eigenvalue weighted by molar-refractivity contribution is 9.10. The van der Waals surface area contributed by atoms with Crippen LogP contribution < -0.4 is 5.32 Å². The highest BCUT2D eigenvalue weighted by Crippen LogP contribution is 2.42. The summed E-state index contributed by atoms with van der Waals surface area (Å²) in [5.74, 6) is 1.37. The summed E-state index contributed by atoms with van der Waals surface area (Å²) in [4.78, 5) is 20.5. The SMILES string of the molecule is C/C=C\CC1(C(=O)N2CCC(Nc3cc(-c4ccccc4O)nc4c(Br)cnn34)CC2)CCCCC1. The van der Waals surface area contributed by atoms with Gasteiger partial charge in [0.1, 0.15) is 11.6 Å². The molecule has 3 aromatic rings. The third-order valence-corrected chi connectivity index (χ3v) is 8.31. The summed E-state index contributed by atoms with van der Waals surface area (Å²) in [7, 11) is 0. The summed E-state index contributed by atoms with van der Waals surface area (Å²) < 4.78 is 2.58. The molecule has 0 spiro atoms. The molecule has 36 heavy (non-hydrogen) atoms. The maximum atomic E-state index is 13.7. The maximum absolute atomic E-state index is 13.7. The van der Waals surface area contributed by atoms with Crippen molar-refractivity contribution in [3.63, 3.8) is 0 Å². The Morgan fingerprint density at radius 3 is 2.69 bits per heavy atom. The van der Waals surface area contributed by atoms with Crippen LogP contribution in [0.4, 0.5) is 5.82 Å². The van der Waals surface area contributed by atoms with E-state index in [0.29, 0.717) is 22.8 Å². The first-order valence-electron chi connectivity index (χ1n) is 13.0. The summed E-state index contributed by atoms with van der Waals surface area (Å²) in [6, 6.07) is 9.38. The van der Waals surface area contributed by atoms with Crippen molar-refractivity contribution < 1.29 is 9.90 Å². The topological polar surface area (TPSA) is 82.8 Å². The number of phenolic OH excluding ortho intramolecular Hbond substituents is 1. The minimum Gasteiger partial charge on any atom is -0.507 e. The number of aromatic nitrogens is 3. The average Bonchev–Trinajstić information content (AvgIpc) is 3.29. The van der Waals surface area contributed by atoms with Gasteiger partial charge in [-0.3, -0.25) is 4.79 Å². The molecule has 0 atom stereocenters. The molecule has 8 heteroatoms. The fraction of sp³-hybridized carbons (Fsp3) is 0.464. The van der Waals surface area contributed by atoms with Crippen molar-refractivity contribution in [1.82, 2.24) is 19.5 Å². The molecule has 1 aliphatic carbocycles. The number of nitrogens with one attached hydrogen (secondary N) is 1. The number of halogens is 1. The molecule has 0 bridgehead atoms. The van der Waals surface area contributed by atoms with Gasteiger partial charge in [-0.2, -0.15) is 9.61 Å². The number of anilines is 1. The lowest BCUT2D eigenvalue weighted by Gasteiger charge is -2.42. The van der Waals surface area contributed by atoms with E-state index in [1.807, 2.05) is 25.1 Å². The average molecular weight is 553 g/mol.